The molecule has 0 saturated carbocycles. The normalized spacial score (nSPS) is 12.5. The summed E-state index contributed by atoms with van der Waals surface area (Å²) in [4.78, 5) is 24.5. The van der Waals surface area contributed by atoms with Crippen molar-refractivity contribution >= 4 is 43.5 Å². The van der Waals surface area contributed by atoms with Gasteiger partial charge in [-0.25, -0.2) is 18.4 Å². The van der Waals surface area contributed by atoms with E-state index in [0.29, 0.717) is 15.9 Å². The van der Waals surface area contributed by atoms with Crippen LogP contribution in [0.25, 0.3) is 0 Å². The van der Waals surface area contributed by atoms with Gasteiger partial charge in [-0.3, -0.25) is 9.48 Å². The molecule has 3 N–H and O–H groups in total. The van der Waals surface area contributed by atoms with Crippen LogP contribution in [0.3, 0.4) is 0 Å². The van der Waals surface area contributed by atoms with Crippen molar-refractivity contribution in [2.75, 3.05) is 5.32 Å². The number of aromatic nitrogens is 2. The predicted molar refractivity (Wildman–Crippen MR) is 102 cm³/mol. The first kappa shape index (κ1) is 21.1. The Balaban J connectivity index is 2.17. The first-order valence-electron chi connectivity index (χ1n) is 7.76. The van der Waals surface area contributed by atoms with Crippen molar-refractivity contribution in [1.82, 2.24) is 9.78 Å². The molecule has 27 heavy (non-hydrogen) atoms. The first-order chi connectivity index (χ1) is 12.4. The van der Waals surface area contributed by atoms with Crippen molar-refractivity contribution in [3.63, 3.8) is 0 Å². The summed E-state index contributed by atoms with van der Waals surface area (Å²) >= 11 is 3.15. The summed E-state index contributed by atoms with van der Waals surface area (Å²) in [7, 11) is -2.24. The predicted octanol–water partition coefficient (Wildman–Crippen LogP) is 1.63. The second-order valence-electron chi connectivity index (χ2n) is 5.89. The first-order valence-corrected chi connectivity index (χ1v) is 10.1. The Morgan fingerprint density at radius 3 is 2.48 bits per heavy atom. The van der Waals surface area contributed by atoms with E-state index in [1.807, 2.05) is 0 Å². The zero-order valence-corrected chi connectivity index (χ0v) is 17.5. The van der Waals surface area contributed by atoms with Gasteiger partial charge in [0, 0.05) is 11.5 Å². The molecule has 1 aromatic carbocycles. The van der Waals surface area contributed by atoms with Gasteiger partial charge in [0.2, 0.25) is 10.0 Å². The Labute approximate surface area is 165 Å². The molecule has 2 aromatic rings. The molecule has 2 rings (SSSR count). The fourth-order valence-electron chi connectivity index (χ4n) is 2.29. The van der Waals surface area contributed by atoms with E-state index in [-0.39, 0.29) is 10.5 Å². The number of halogens is 1. The number of anilines is 1. The van der Waals surface area contributed by atoms with Crippen molar-refractivity contribution in [2.24, 2.45) is 12.2 Å². The number of carbonyl (C=O) groups is 2. The number of ether oxygens (including phenoxy) is 1. The molecule has 1 amide bonds. The summed E-state index contributed by atoms with van der Waals surface area (Å²) in [6, 6.07) is 3.70. The molecule has 1 aromatic heterocycles. The smallest absolute Gasteiger partial charge is 0.340 e. The van der Waals surface area contributed by atoms with Gasteiger partial charge in [0.1, 0.15) is 0 Å². The van der Waals surface area contributed by atoms with Crippen LogP contribution in [0.2, 0.25) is 0 Å². The Morgan fingerprint density at radius 2 is 1.96 bits per heavy atom. The standard InChI is InChI=1S/C16H19BrN4O5S/c1-8-14(9(2)21(4)20-8)19-15(22)10(3)26-16(23)12-7-11(27(18,24)25)5-6-13(12)17/h5-7,10H,1-4H3,(H,19,22)(H2,18,24,25). The van der Waals surface area contributed by atoms with Crippen LogP contribution in [0, 0.1) is 13.8 Å². The second-order valence-corrected chi connectivity index (χ2v) is 8.31. The molecule has 0 aliphatic heterocycles. The number of esters is 1. The van der Waals surface area contributed by atoms with Crippen LogP contribution in [0.15, 0.2) is 27.6 Å². The number of hydrogen-bond donors (Lipinski definition) is 2. The monoisotopic (exact) mass is 458 g/mol. The van der Waals surface area contributed by atoms with Crippen LogP contribution in [0.1, 0.15) is 28.7 Å². The molecule has 11 heteroatoms. The summed E-state index contributed by atoms with van der Waals surface area (Å²) < 4.78 is 30.0. The van der Waals surface area contributed by atoms with E-state index in [1.54, 1.807) is 25.6 Å². The average Bonchev–Trinajstić information content (AvgIpc) is 2.80. The number of rotatable bonds is 5. The van der Waals surface area contributed by atoms with Crippen LogP contribution in [0.4, 0.5) is 5.69 Å². The van der Waals surface area contributed by atoms with E-state index in [1.165, 1.54) is 19.1 Å². The van der Waals surface area contributed by atoms with Crippen LogP contribution in [0.5, 0.6) is 0 Å². The molecule has 0 saturated heterocycles. The molecule has 1 unspecified atom stereocenters. The Bertz CT molecular complexity index is 1020. The number of carbonyl (C=O) groups excluding carboxylic acids is 2. The molecule has 0 radical (unpaired) electrons. The average molecular weight is 459 g/mol. The zero-order chi connectivity index (χ0) is 20.5. The van der Waals surface area contributed by atoms with Crippen LogP contribution >= 0.6 is 15.9 Å². The van der Waals surface area contributed by atoms with E-state index in [0.717, 1.165) is 11.8 Å². The number of sulfonamides is 1. The number of primary sulfonamides is 1. The molecular formula is C16H19BrN4O5S. The molecule has 0 fully saturated rings. The number of nitrogens with zero attached hydrogens (tertiary/aromatic N) is 2. The highest BCUT2D eigenvalue weighted by Gasteiger charge is 2.23. The van der Waals surface area contributed by atoms with Crippen LogP contribution in [-0.4, -0.2) is 36.2 Å². The number of nitrogens with one attached hydrogen (secondary N) is 1. The Kier molecular flexibility index (Phi) is 6.07. The molecule has 9 nitrogen and oxygen atoms in total. The van der Waals surface area contributed by atoms with Gasteiger partial charge in [-0.2, -0.15) is 5.10 Å². The SMILES string of the molecule is Cc1nn(C)c(C)c1NC(=O)C(C)OC(=O)c1cc(S(N)(=O)=O)ccc1Br. The van der Waals surface area contributed by atoms with Crippen molar-refractivity contribution in [3.8, 4) is 0 Å². The van der Waals surface area contributed by atoms with Gasteiger partial charge in [-0.1, -0.05) is 0 Å². The van der Waals surface area contributed by atoms with Gasteiger partial charge in [-0.15, -0.1) is 0 Å². The Morgan fingerprint density at radius 1 is 1.33 bits per heavy atom. The highest BCUT2D eigenvalue weighted by molar-refractivity contribution is 9.10. The third-order valence-corrected chi connectivity index (χ3v) is 5.50. The summed E-state index contributed by atoms with van der Waals surface area (Å²) in [5, 5.41) is 11.9. The topological polar surface area (TPSA) is 133 Å². The summed E-state index contributed by atoms with van der Waals surface area (Å²) in [6.45, 7) is 4.95. The summed E-state index contributed by atoms with van der Waals surface area (Å²) in [5.74, 6) is -1.41. The largest absolute Gasteiger partial charge is 0.449 e. The van der Waals surface area contributed by atoms with Crippen molar-refractivity contribution in [3.05, 3.63) is 39.6 Å². The van der Waals surface area contributed by atoms with E-state index >= 15 is 0 Å². The van der Waals surface area contributed by atoms with E-state index in [9.17, 15) is 18.0 Å². The van der Waals surface area contributed by atoms with Crippen molar-refractivity contribution in [2.45, 2.75) is 31.8 Å². The maximum Gasteiger partial charge on any atom is 0.340 e. The quantitative estimate of drug-likeness (QED) is 0.653. The highest BCUT2D eigenvalue weighted by atomic mass is 79.9. The molecule has 0 aliphatic carbocycles. The minimum absolute atomic E-state index is 0.0603. The lowest BCUT2D eigenvalue weighted by Crippen LogP contribution is -2.30. The maximum absolute atomic E-state index is 12.4. The minimum Gasteiger partial charge on any atom is -0.449 e. The third-order valence-electron chi connectivity index (χ3n) is 3.90. The van der Waals surface area contributed by atoms with Gasteiger partial charge < -0.3 is 10.1 Å². The summed E-state index contributed by atoms with van der Waals surface area (Å²) in [6.07, 6.45) is -1.12. The number of benzene rings is 1. The summed E-state index contributed by atoms with van der Waals surface area (Å²) in [5.41, 5.74) is 1.87. The van der Waals surface area contributed by atoms with Crippen molar-refractivity contribution < 1.29 is 22.7 Å². The van der Waals surface area contributed by atoms with Crippen molar-refractivity contribution in [1.29, 1.82) is 0 Å². The van der Waals surface area contributed by atoms with Gasteiger partial charge in [0.25, 0.3) is 5.91 Å². The molecular weight excluding hydrogens is 440 g/mol. The van der Waals surface area contributed by atoms with Gasteiger partial charge >= 0.3 is 5.97 Å². The highest BCUT2D eigenvalue weighted by Crippen LogP contribution is 2.22. The number of amides is 1. The van der Waals surface area contributed by atoms with E-state index < -0.39 is 28.0 Å². The second kappa shape index (κ2) is 7.79. The third kappa shape index (κ3) is 4.73. The zero-order valence-electron chi connectivity index (χ0n) is 15.1. The fraction of sp³-hybridized carbons (Fsp3) is 0.312. The van der Waals surface area contributed by atoms with Gasteiger partial charge in [0.15, 0.2) is 6.10 Å². The minimum atomic E-state index is -3.99. The molecule has 0 spiro atoms. The lowest BCUT2D eigenvalue weighted by Gasteiger charge is -2.14. The molecule has 0 bridgehead atoms. The molecule has 0 aliphatic rings. The molecule has 1 heterocycles. The van der Waals surface area contributed by atoms with E-state index in [2.05, 4.69) is 26.3 Å². The lowest BCUT2D eigenvalue weighted by molar-refractivity contribution is -0.123. The number of aryl methyl sites for hydroxylation is 2. The fourth-order valence-corrected chi connectivity index (χ4v) is 3.24. The lowest BCUT2D eigenvalue weighted by atomic mass is 10.2. The van der Waals surface area contributed by atoms with Gasteiger partial charge in [0.05, 0.1) is 27.5 Å². The molecule has 1 atom stereocenters. The van der Waals surface area contributed by atoms with Crippen LogP contribution < -0.4 is 10.5 Å². The van der Waals surface area contributed by atoms with Crippen LogP contribution in [-0.2, 0) is 26.6 Å². The van der Waals surface area contributed by atoms with Gasteiger partial charge in [-0.05, 0) is 54.9 Å². The number of nitrogens with two attached hydrogens (primary N) is 1. The maximum atomic E-state index is 12.4. The molecule has 146 valence electrons. The van der Waals surface area contributed by atoms with E-state index in [4.69, 9.17) is 9.88 Å². The number of hydrogen-bond acceptors (Lipinski definition) is 6. The Hall–Kier alpha value is -2.24.